The van der Waals surface area contributed by atoms with Crippen molar-refractivity contribution in [3.63, 3.8) is 0 Å². The van der Waals surface area contributed by atoms with Crippen LogP contribution in [-0.4, -0.2) is 20.3 Å². The van der Waals surface area contributed by atoms with Crippen LogP contribution in [0.4, 0.5) is 0 Å². The van der Waals surface area contributed by atoms with Crippen LogP contribution in [0.5, 0.6) is 0 Å². The summed E-state index contributed by atoms with van der Waals surface area (Å²) in [5.74, 6) is 0.0478. The van der Waals surface area contributed by atoms with E-state index in [0.717, 1.165) is 22.6 Å². The van der Waals surface area contributed by atoms with Gasteiger partial charge in [0, 0.05) is 41.3 Å². The van der Waals surface area contributed by atoms with Gasteiger partial charge in [0.25, 0.3) is 0 Å². The number of aromatic nitrogens is 3. The first-order valence-electron chi connectivity index (χ1n) is 7.52. The third kappa shape index (κ3) is 2.85. The minimum absolute atomic E-state index is 0.0478. The molecule has 0 aliphatic rings. The Balaban J connectivity index is 1.34. The highest BCUT2D eigenvalue weighted by atomic mass is 32.1. The zero-order chi connectivity index (χ0) is 15.6. The molecule has 116 valence electrons. The quantitative estimate of drug-likeness (QED) is 0.592. The number of benzene rings is 1. The van der Waals surface area contributed by atoms with Crippen molar-refractivity contribution in [2.45, 2.75) is 19.4 Å². The number of aryl methyl sites for hydroxylation is 1. The Labute approximate surface area is 137 Å². The van der Waals surface area contributed by atoms with E-state index < -0.39 is 0 Å². The molecule has 0 saturated heterocycles. The lowest BCUT2D eigenvalue weighted by Gasteiger charge is -2.03. The molecule has 0 aliphatic carbocycles. The maximum atomic E-state index is 12.0. The number of imidazole rings is 1. The predicted octanol–water partition coefficient (Wildman–Crippen LogP) is 3.13. The molecule has 1 aromatic carbocycles. The van der Waals surface area contributed by atoms with Crippen molar-refractivity contribution >= 4 is 33.1 Å². The Morgan fingerprint density at radius 3 is 3.17 bits per heavy atom. The summed E-state index contributed by atoms with van der Waals surface area (Å²) in [4.78, 5) is 20.7. The Hall–Kier alpha value is -2.60. The molecule has 0 unspecified atom stereocenters. The maximum Gasteiger partial charge on any atom is 0.220 e. The van der Waals surface area contributed by atoms with Crippen molar-refractivity contribution in [2.24, 2.45) is 0 Å². The fourth-order valence-corrected chi connectivity index (χ4v) is 3.44. The van der Waals surface area contributed by atoms with Gasteiger partial charge in [-0.3, -0.25) is 9.20 Å². The zero-order valence-electron chi connectivity index (χ0n) is 12.5. The van der Waals surface area contributed by atoms with Crippen LogP contribution >= 0.6 is 11.3 Å². The number of hydrogen-bond acceptors (Lipinski definition) is 3. The zero-order valence-corrected chi connectivity index (χ0v) is 13.3. The lowest BCUT2D eigenvalue weighted by Crippen LogP contribution is -2.23. The molecule has 6 heteroatoms. The number of H-pyrrole nitrogens is 1. The third-order valence-corrected chi connectivity index (χ3v) is 4.68. The summed E-state index contributed by atoms with van der Waals surface area (Å²) in [7, 11) is 0. The first-order valence-corrected chi connectivity index (χ1v) is 8.40. The molecule has 0 bridgehead atoms. The lowest BCUT2D eigenvalue weighted by atomic mass is 10.1. The number of thiazole rings is 1. The second-order valence-corrected chi connectivity index (χ2v) is 6.33. The highest BCUT2D eigenvalue weighted by Gasteiger charge is 2.08. The van der Waals surface area contributed by atoms with E-state index in [0.29, 0.717) is 13.0 Å². The van der Waals surface area contributed by atoms with E-state index in [9.17, 15) is 4.79 Å². The van der Waals surface area contributed by atoms with Gasteiger partial charge in [0.1, 0.15) is 0 Å². The summed E-state index contributed by atoms with van der Waals surface area (Å²) >= 11 is 1.59. The number of aromatic amines is 1. The molecule has 1 amide bonds. The first kappa shape index (κ1) is 14.0. The standard InChI is InChI=1S/C17H16N4OS/c22-16(19-10-13-11-21-7-8-23-17(21)20-13)6-5-12-9-18-15-4-2-1-3-14(12)15/h1-4,7-9,11,18H,5-6,10H2,(H,19,22). The number of carbonyl (C=O) groups is 1. The number of rotatable bonds is 5. The number of hydrogen-bond donors (Lipinski definition) is 2. The molecule has 3 heterocycles. The van der Waals surface area contributed by atoms with E-state index in [-0.39, 0.29) is 5.91 Å². The number of fused-ring (bicyclic) bond motifs is 2. The van der Waals surface area contributed by atoms with Crippen LogP contribution in [0, 0.1) is 0 Å². The number of carbonyl (C=O) groups excluding carboxylic acids is 1. The molecule has 0 fully saturated rings. The van der Waals surface area contributed by atoms with E-state index in [4.69, 9.17) is 0 Å². The number of nitrogens with one attached hydrogen (secondary N) is 2. The van der Waals surface area contributed by atoms with Crippen LogP contribution in [0.15, 0.2) is 48.2 Å². The molecule has 2 N–H and O–H groups in total. The monoisotopic (exact) mass is 324 g/mol. The van der Waals surface area contributed by atoms with Crippen LogP contribution in [0.3, 0.4) is 0 Å². The summed E-state index contributed by atoms with van der Waals surface area (Å²) in [6.45, 7) is 0.473. The van der Waals surface area contributed by atoms with Crippen LogP contribution in [0.1, 0.15) is 17.7 Å². The summed E-state index contributed by atoms with van der Waals surface area (Å²) in [6.07, 6.45) is 7.11. The molecular formula is C17H16N4OS. The van der Waals surface area contributed by atoms with Gasteiger partial charge in [-0.2, -0.15) is 0 Å². The van der Waals surface area contributed by atoms with Crippen LogP contribution in [0.25, 0.3) is 15.9 Å². The van der Waals surface area contributed by atoms with E-state index in [1.54, 1.807) is 11.3 Å². The predicted molar refractivity (Wildman–Crippen MR) is 91.5 cm³/mol. The molecule has 3 aromatic heterocycles. The van der Waals surface area contributed by atoms with Crippen molar-refractivity contribution in [3.05, 3.63) is 59.5 Å². The van der Waals surface area contributed by atoms with Crippen molar-refractivity contribution in [1.29, 1.82) is 0 Å². The second-order valence-electron chi connectivity index (χ2n) is 5.46. The smallest absolute Gasteiger partial charge is 0.220 e. The third-order valence-electron chi connectivity index (χ3n) is 3.91. The van der Waals surface area contributed by atoms with Gasteiger partial charge in [0.05, 0.1) is 12.2 Å². The normalized spacial score (nSPS) is 11.3. The Morgan fingerprint density at radius 1 is 1.35 bits per heavy atom. The molecule has 0 atom stereocenters. The number of nitrogens with zero attached hydrogens (tertiary/aromatic N) is 2. The van der Waals surface area contributed by atoms with Gasteiger partial charge in [-0.1, -0.05) is 18.2 Å². The topological polar surface area (TPSA) is 62.2 Å². The molecule has 4 aromatic rings. The fourth-order valence-electron chi connectivity index (χ4n) is 2.73. The molecular weight excluding hydrogens is 308 g/mol. The SMILES string of the molecule is O=C(CCc1c[nH]c2ccccc12)NCc1cn2ccsc2n1. The molecule has 0 radical (unpaired) electrons. The van der Waals surface area contributed by atoms with Crippen LogP contribution in [-0.2, 0) is 17.8 Å². The Kier molecular flexibility index (Phi) is 3.59. The fraction of sp³-hybridized carbons (Fsp3) is 0.176. The van der Waals surface area contributed by atoms with Gasteiger partial charge >= 0.3 is 0 Å². The van der Waals surface area contributed by atoms with Gasteiger partial charge in [0.15, 0.2) is 4.96 Å². The minimum atomic E-state index is 0.0478. The average molecular weight is 324 g/mol. The van der Waals surface area contributed by atoms with Gasteiger partial charge in [-0.05, 0) is 18.1 Å². The average Bonchev–Trinajstić information content (AvgIpc) is 3.25. The van der Waals surface area contributed by atoms with Gasteiger partial charge in [-0.25, -0.2) is 4.98 Å². The molecule has 0 spiro atoms. The Bertz CT molecular complexity index is 937. The first-order chi connectivity index (χ1) is 11.3. The molecule has 0 aliphatic heterocycles. The van der Waals surface area contributed by atoms with E-state index in [1.807, 2.05) is 46.6 Å². The molecule has 5 nitrogen and oxygen atoms in total. The number of amides is 1. The molecule has 23 heavy (non-hydrogen) atoms. The Morgan fingerprint density at radius 2 is 2.26 bits per heavy atom. The lowest BCUT2D eigenvalue weighted by molar-refractivity contribution is -0.121. The van der Waals surface area contributed by atoms with Gasteiger partial charge in [0.2, 0.25) is 5.91 Å². The van der Waals surface area contributed by atoms with Crippen molar-refractivity contribution in [1.82, 2.24) is 19.7 Å². The highest BCUT2D eigenvalue weighted by molar-refractivity contribution is 7.15. The second kappa shape index (κ2) is 5.89. The number of para-hydroxylation sites is 1. The summed E-state index contributed by atoms with van der Waals surface area (Å²) < 4.78 is 1.97. The molecule has 0 saturated carbocycles. The van der Waals surface area contributed by atoms with E-state index >= 15 is 0 Å². The van der Waals surface area contributed by atoms with Gasteiger partial charge < -0.3 is 10.3 Å². The van der Waals surface area contributed by atoms with Crippen molar-refractivity contribution in [2.75, 3.05) is 0 Å². The molecule has 4 rings (SSSR count). The summed E-state index contributed by atoms with van der Waals surface area (Å²) in [5, 5.41) is 6.12. The largest absolute Gasteiger partial charge is 0.361 e. The highest BCUT2D eigenvalue weighted by Crippen LogP contribution is 2.19. The van der Waals surface area contributed by atoms with Crippen LogP contribution in [0.2, 0.25) is 0 Å². The van der Waals surface area contributed by atoms with Crippen LogP contribution < -0.4 is 5.32 Å². The maximum absolute atomic E-state index is 12.0. The van der Waals surface area contributed by atoms with Crippen molar-refractivity contribution in [3.8, 4) is 0 Å². The van der Waals surface area contributed by atoms with E-state index in [1.165, 1.54) is 10.9 Å². The minimum Gasteiger partial charge on any atom is -0.361 e. The summed E-state index contributed by atoms with van der Waals surface area (Å²) in [6, 6.07) is 8.15. The van der Waals surface area contributed by atoms with Crippen molar-refractivity contribution < 1.29 is 4.79 Å². The van der Waals surface area contributed by atoms with Gasteiger partial charge in [-0.15, -0.1) is 11.3 Å². The van der Waals surface area contributed by atoms with E-state index in [2.05, 4.69) is 21.4 Å². The summed E-state index contributed by atoms with van der Waals surface area (Å²) in [5.41, 5.74) is 3.18.